The largest absolute Gasteiger partial charge is 0.573 e. The van der Waals surface area contributed by atoms with Crippen molar-refractivity contribution in [3.05, 3.63) is 90.3 Å². The zero-order valence-electron chi connectivity index (χ0n) is 16.8. The maximum absolute atomic E-state index is 13.5. The number of benzene rings is 2. The molecule has 6 nitrogen and oxygen atoms in total. The lowest BCUT2D eigenvalue weighted by Crippen LogP contribution is -2.31. The molecule has 2 aromatic heterocycles. The van der Waals surface area contributed by atoms with Crippen molar-refractivity contribution in [2.45, 2.75) is 24.7 Å². The van der Waals surface area contributed by atoms with Crippen molar-refractivity contribution >= 4 is 21.5 Å². The molecule has 0 atom stereocenters. The maximum Gasteiger partial charge on any atom is 0.573 e. The summed E-state index contributed by atoms with van der Waals surface area (Å²) < 4.78 is 71.2. The number of anilines is 1. The van der Waals surface area contributed by atoms with E-state index in [0.29, 0.717) is 16.9 Å². The van der Waals surface area contributed by atoms with Gasteiger partial charge in [0.1, 0.15) is 11.4 Å². The topological polar surface area (TPSA) is 63.9 Å². The molecule has 0 aliphatic heterocycles. The Bertz CT molecular complexity index is 1340. The van der Waals surface area contributed by atoms with E-state index in [2.05, 4.69) is 9.72 Å². The van der Waals surface area contributed by atoms with Crippen LogP contribution in [0.5, 0.6) is 5.75 Å². The molecule has 0 unspecified atom stereocenters. The molecule has 0 aliphatic rings. The van der Waals surface area contributed by atoms with Crippen LogP contribution in [0.1, 0.15) is 11.3 Å². The number of halogens is 3. The molecule has 0 aliphatic carbocycles. The molecule has 4 rings (SSSR count). The number of sulfonamides is 1. The van der Waals surface area contributed by atoms with Crippen molar-refractivity contribution in [2.24, 2.45) is 0 Å². The average molecular weight is 461 g/mol. The third-order valence-electron chi connectivity index (χ3n) is 4.79. The summed E-state index contributed by atoms with van der Waals surface area (Å²) in [7, 11) is -4.02. The Kier molecular flexibility index (Phi) is 5.55. The monoisotopic (exact) mass is 461 g/mol. The fourth-order valence-electron chi connectivity index (χ4n) is 3.30. The van der Waals surface area contributed by atoms with Crippen LogP contribution in [0.15, 0.2) is 83.9 Å². The molecule has 166 valence electrons. The van der Waals surface area contributed by atoms with Crippen molar-refractivity contribution in [3.63, 3.8) is 0 Å². The first-order valence-electron chi connectivity index (χ1n) is 9.51. The number of hydrogen-bond donors (Lipinski definition) is 0. The summed E-state index contributed by atoms with van der Waals surface area (Å²) in [5.74, 6) is -0.154. The van der Waals surface area contributed by atoms with E-state index < -0.39 is 16.4 Å². The summed E-state index contributed by atoms with van der Waals surface area (Å²) in [6.45, 7) is 1.62. The fraction of sp³-hybridized carbons (Fsp3) is 0.136. The highest BCUT2D eigenvalue weighted by Crippen LogP contribution is 2.30. The van der Waals surface area contributed by atoms with E-state index in [9.17, 15) is 21.6 Å². The average Bonchev–Trinajstić information content (AvgIpc) is 3.09. The van der Waals surface area contributed by atoms with Gasteiger partial charge in [-0.15, -0.1) is 13.2 Å². The number of pyridine rings is 1. The molecule has 0 saturated carbocycles. The number of ether oxygens (including phenoxy) is 1. The number of hydrogen-bond acceptors (Lipinski definition) is 4. The standard InChI is InChI=1S/C22H18F3N3O3S/c1-16-21(26-20-9-5-6-14-27(16)20)28(32(29,30)19-7-3-2-4-8-19)15-17-10-12-18(13-11-17)31-22(23,24)25/h2-14H,15H2,1H3. The molecular formula is C22H18F3N3O3S. The van der Waals surface area contributed by atoms with Gasteiger partial charge in [0.25, 0.3) is 10.0 Å². The molecule has 2 heterocycles. The molecular weight excluding hydrogens is 443 g/mol. The highest BCUT2D eigenvalue weighted by atomic mass is 32.2. The zero-order chi connectivity index (χ0) is 22.9. The van der Waals surface area contributed by atoms with Crippen molar-refractivity contribution in [1.82, 2.24) is 9.38 Å². The Balaban J connectivity index is 1.77. The van der Waals surface area contributed by atoms with Gasteiger partial charge in [-0.25, -0.2) is 17.7 Å². The molecule has 2 aromatic carbocycles. The summed E-state index contributed by atoms with van der Waals surface area (Å²) in [4.78, 5) is 4.58. The second kappa shape index (κ2) is 8.19. The third-order valence-corrected chi connectivity index (χ3v) is 6.54. The van der Waals surface area contributed by atoms with Gasteiger partial charge < -0.3 is 9.14 Å². The lowest BCUT2D eigenvalue weighted by Gasteiger charge is -2.23. The minimum Gasteiger partial charge on any atom is -0.406 e. The van der Waals surface area contributed by atoms with Gasteiger partial charge in [-0.05, 0) is 48.9 Å². The van der Waals surface area contributed by atoms with Crippen molar-refractivity contribution in [2.75, 3.05) is 4.31 Å². The molecule has 0 radical (unpaired) electrons. The van der Waals surface area contributed by atoms with Crippen LogP contribution in [-0.2, 0) is 16.6 Å². The van der Waals surface area contributed by atoms with Gasteiger partial charge in [-0.1, -0.05) is 36.4 Å². The van der Waals surface area contributed by atoms with Crippen molar-refractivity contribution < 1.29 is 26.3 Å². The SMILES string of the molecule is Cc1c(N(Cc2ccc(OC(F)(F)F)cc2)S(=O)(=O)c2ccccc2)nc2ccccn12. The van der Waals surface area contributed by atoms with Gasteiger partial charge in [0.05, 0.1) is 17.1 Å². The molecule has 0 spiro atoms. The molecule has 10 heteroatoms. The van der Waals surface area contributed by atoms with E-state index >= 15 is 0 Å². The predicted molar refractivity (Wildman–Crippen MR) is 113 cm³/mol. The first-order chi connectivity index (χ1) is 15.1. The van der Waals surface area contributed by atoms with Gasteiger partial charge in [0, 0.05) is 6.20 Å². The number of alkyl halides is 3. The number of aromatic nitrogens is 2. The number of aryl methyl sites for hydroxylation is 1. The Morgan fingerprint density at radius 1 is 0.969 bits per heavy atom. The van der Waals surface area contributed by atoms with E-state index in [-0.39, 0.29) is 23.0 Å². The van der Waals surface area contributed by atoms with Gasteiger partial charge in [0.2, 0.25) is 0 Å². The van der Waals surface area contributed by atoms with Crippen molar-refractivity contribution in [1.29, 1.82) is 0 Å². The fourth-order valence-corrected chi connectivity index (χ4v) is 4.77. The van der Waals surface area contributed by atoms with E-state index in [4.69, 9.17) is 0 Å². The first kappa shape index (κ1) is 21.7. The quantitative estimate of drug-likeness (QED) is 0.408. The number of imidazole rings is 1. The Labute approximate surface area is 182 Å². The summed E-state index contributed by atoms with van der Waals surface area (Å²) in [6, 6.07) is 18.3. The van der Waals surface area contributed by atoms with E-state index in [1.165, 1.54) is 24.3 Å². The molecule has 4 aromatic rings. The Morgan fingerprint density at radius 3 is 2.25 bits per heavy atom. The van der Waals surface area contributed by atoms with Crippen LogP contribution in [0.4, 0.5) is 19.0 Å². The predicted octanol–water partition coefficient (Wildman–Crippen LogP) is 4.94. The highest BCUT2D eigenvalue weighted by Gasteiger charge is 2.32. The summed E-state index contributed by atoms with van der Waals surface area (Å²) in [5, 5.41) is 0. The van der Waals surface area contributed by atoms with Crippen LogP contribution in [0.25, 0.3) is 5.65 Å². The highest BCUT2D eigenvalue weighted by molar-refractivity contribution is 7.92. The van der Waals surface area contributed by atoms with E-state index in [0.717, 1.165) is 16.4 Å². The Hall–Kier alpha value is -3.53. The molecule has 0 fully saturated rings. The number of rotatable bonds is 6. The normalized spacial score (nSPS) is 12.1. The molecule has 0 bridgehead atoms. The van der Waals surface area contributed by atoms with Crippen LogP contribution in [0, 0.1) is 6.92 Å². The second-order valence-corrected chi connectivity index (χ2v) is 8.83. The van der Waals surface area contributed by atoms with Gasteiger partial charge >= 0.3 is 6.36 Å². The van der Waals surface area contributed by atoms with E-state index in [1.807, 2.05) is 0 Å². The minimum absolute atomic E-state index is 0.0773. The zero-order valence-corrected chi connectivity index (χ0v) is 17.6. The second-order valence-electron chi connectivity index (χ2n) is 6.97. The first-order valence-corrected chi connectivity index (χ1v) is 11.0. The van der Waals surface area contributed by atoms with Crippen LogP contribution in [0.2, 0.25) is 0 Å². The number of nitrogens with zero attached hydrogens (tertiary/aromatic N) is 3. The smallest absolute Gasteiger partial charge is 0.406 e. The summed E-state index contributed by atoms with van der Waals surface area (Å²) in [6.07, 6.45) is -3.03. The lowest BCUT2D eigenvalue weighted by atomic mass is 10.2. The maximum atomic E-state index is 13.5. The Morgan fingerprint density at radius 2 is 1.62 bits per heavy atom. The molecule has 0 saturated heterocycles. The number of fused-ring (bicyclic) bond motifs is 1. The van der Waals surface area contributed by atoms with Crippen LogP contribution in [-0.4, -0.2) is 24.2 Å². The summed E-state index contributed by atoms with van der Waals surface area (Å²) in [5.41, 5.74) is 1.65. The molecule has 0 amide bonds. The van der Waals surface area contributed by atoms with Crippen LogP contribution >= 0.6 is 0 Å². The van der Waals surface area contributed by atoms with Crippen LogP contribution < -0.4 is 9.04 Å². The lowest BCUT2D eigenvalue weighted by molar-refractivity contribution is -0.274. The third kappa shape index (κ3) is 4.40. The van der Waals surface area contributed by atoms with Gasteiger partial charge in [-0.3, -0.25) is 0 Å². The van der Waals surface area contributed by atoms with E-state index in [1.54, 1.807) is 53.9 Å². The minimum atomic E-state index is -4.81. The van der Waals surface area contributed by atoms with Crippen molar-refractivity contribution in [3.8, 4) is 5.75 Å². The summed E-state index contributed by atoms with van der Waals surface area (Å²) >= 11 is 0. The van der Waals surface area contributed by atoms with Crippen LogP contribution in [0.3, 0.4) is 0 Å². The molecule has 32 heavy (non-hydrogen) atoms. The van der Waals surface area contributed by atoms with Gasteiger partial charge in [-0.2, -0.15) is 0 Å². The molecule has 0 N–H and O–H groups in total. The van der Waals surface area contributed by atoms with Gasteiger partial charge in [0.15, 0.2) is 5.82 Å².